The van der Waals surface area contributed by atoms with Gasteiger partial charge >= 0.3 is 11.9 Å². The van der Waals surface area contributed by atoms with E-state index in [9.17, 15) is 14.7 Å². The lowest BCUT2D eigenvalue weighted by Crippen LogP contribution is -2.67. The lowest BCUT2D eigenvalue weighted by Gasteiger charge is -2.66. The monoisotopic (exact) mass is 310 g/mol. The molecule has 4 aliphatic rings. The summed E-state index contributed by atoms with van der Waals surface area (Å²) in [6.07, 6.45) is 3.33. The molecule has 22 heavy (non-hydrogen) atoms. The van der Waals surface area contributed by atoms with Gasteiger partial charge < -0.3 is 14.6 Å². The van der Waals surface area contributed by atoms with Crippen molar-refractivity contribution in [2.45, 2.75) is 64.9 Å². The van der Waals surface area contributed by atoms with Crippen LogP contribution in [0.2, 0.25) is 0 Å². The van der Waals surface area contributed by atoms with Crippen LogP contribution in [0.3, 0.4) is 0 Å². The highest BCUT2D eigenvalue weighted by Gasteiger charge is 2.71. The van der Waals surface area contributed by atoms with Gasteiger partial charge in [0.2, 0.25) is 0 Å². The molecule has 0 radical (unpaired) electrons. The molecule has 4 fully saturated rings. The standard InChI is InChI=1S/C17H26O5/c1-4-21-12(18)15-6-14(3)7-16(9-15,13(19)22-5-2)11-17(20,8-14)10-15/h20H,4-11H2,1-3H3. The number of rotatable bonds is 4. The van der Waals surface area contributed by atoms with Crippen LogP contribution in [0.4, 0.5) is 0 Å². The lowest BCUT2D eigenvalue weighted by atomic mass is 9.38. The fourth-order valence-electron chi connectivity index (χ4n) is 6.09. The predicted octanol–water partition coefficient (Wildman–Crippen LogP) is 2.20. The lowest BCUT2D eigenvalue weighted by molar-refractivity contribution is -0.242. The molecule has 0 saturated heterocycles. The summed E-state index contributed by atoms with van der Waals surface area (Å²) in [7, 11) is 0. The molecular weight excluding hydrogens is 284 g/mol. The summed E-state index contributed by atoms with van der Waals surface area (Å²) in [5.41, 5.74) is -2.63. The van der Waals surface area contributed by atoms with Crippen molar-refractivity contribution in [1.82, 2.24) is 0 Å². The van der Waals surface area contributed by atoms with Crippen molar-refractivity contribution in [3.63, 3.8) is 0 Å². The Bertz CT molecular complexity index is 453. The quantitative estimate of drug-likeness (QED) is 0.806. The summed E-state index contributed by atoms with van der Waals surface area (Å²) < 4.78 is 10.6. The molecule has 0 aromatic heterocycles. The van der Waals surface area contributed by atoms with E-state index in [2.05, 4.69) is 6.92 Å². The van der Waals surface area contributed by atoms with Crippen LogP contribution >= 0.6 is 0 Å². The molecule has 0 heterocycles. The second-order valence-electron chi connectivity index (χ2n) is 8.10. The molecule has 0 aromatic rings. The molecule has 4 rings (SSSR count). The normalized spacial score (nSPS) is 45.6. The van der Waals surface area contributed by atoms with Crippen LogP contribution in [-0.4, -0.2) is 35.9 Å². The molecule has 4 saturated carbocycles. The van der Waals surface area contributed by atoms with E-state index in [0.29, 0.717) is 51.7 Å². The average Bonchev–Trinajstić information content (AvgIpc) is 2.35. The summed E-state index contributed by atoms with van der Waals surface area (Å²) in [4.78, 5) is 25.2. The van der Waals surface area contributed by atoms with E-state index in [-0.39, 0.29) is 17.4 Å². The fraction of sp³-hybridized carbons (Fsp3) is 0.882. The molecule has 2 atom stereocenters. The topological polar surface area (TPSA) is 72.8 Å². The zero-order valence-electron chi connectivity index (χ0n) is 13.7. The first-order valence-electron chi connectivity index (χ1n) is 8.27. The van der Waals surface area contributed by atoms with Gasteiger partial charge in [-0.05, 0) is 57.8 Å². The molecule has 0 aromatic carbocycles. The van der Waals surface area contributed by atoms with Crippen molar-refractivity contribution >= 4 is 11.9 Å². The van der Waals surface area contributed by atoms with Gasteiger partial charge in [0.1, 0.15) is 0 Å². The highest BCUT2D eigenvalue weighted by atomic mass is 16.5. The van der Waals surface area contributed by atoms with Gasteiger partial charge in [-0.1, -0.05) is 6.92 Å². The van der Waals surface area contributed by atoms with Crippen molar-refractivity contribution in [3.8, 4) is 0 Å². The zero-order valence-corrected chi connectivity index (χ0v) is 13.7. The number of carbonyl (C=O) groups excluding carboxylic acids is 2. The molecule has 5 heteroatoms. The Morgan fingerprint density at radius 3 is 1.68 bits per heavy atom. The van der Waals surface area contributed by atoms with E-state index in [4.69, 9.17) is 9.47 Å². The van der Waals surface area contributed by atoms with Crippen LogP contribution in [0, 0.1) is 16.2 Å². The molecule has 4 bridgehead atoms. The second kappa shape index (κ2) is 4.70. The number of aliphatic hydroxyl groups is 1. The third kappa shape index (κ3) is 2.16. The highest BCUT2D eigenvalue weighted by Crippen LogP contribution is 2.71. The molecule has 124 valence electrons. The van der Waals surface area contributed by atoms with Crippen molar-refractivity contribution in [3.05, 3.63) is 0 Å². The first-order chi connectivity index (χ1) is 10.2. The van der Waals surface area contributed by atoms with Gasteiger partial charge in [-0.25, -0.2) is 0 Å². The largest absolute Gasteiger partial charge is 0.466 e. The van der Waals surface area contributed by atoms with E-state index >= 15 is 0 Å². The Morgan fingerprint density at radius 1 is 0.864 bits per heavy atom. The third-order valence-corrected chi connectivity index (χ3v) is 5.71. The Morgan fingerprint density at radius 2 is 1.32 bits per heavy atom. The van der Waals surface area contributed by atoms with E-state index in [1.807, 2.05) is 0 Å². The van der Waals surface area contributed by atoms with Crippen LogP contribution in [0.1, 0.15) is 59.3 Å². The maximum Gasteiger partial charge on any atom is 0.312 e. The molecular formula is C17H26O5. The summed E-state index contributed by atoms with van der Waals surface area (Å²) in [6.45, 7) is 6.30. The SMILES string of the molecule is CCOC(=O)C12CC3(C)CC(O)(C1)CC(C(=O)OCC)(C3)C2. The second-order valence-corrected chi connectivity index (χ2v) is 8.10. The summed E-state index contributed by atoms with van der Waals surface area (Å²) in [5.74, 6) is -0.514. The first kappa shape index (κ1) is 15.8. The maximum atomic E-state index is 12.6. The Labute approximate surface area is 131 Å². The minimum Gasteiger partial charge on any atom is -0.466 e. The molecule has 2 unspecified atom stereocenters. The number of hydrogen-bond acceptors (Lipinski definition) is 5. The van der Waals surface area contributed by atoms with Gasteiger partial charge in [0.05, 0.1) is 29.6 Å². The Balaban J connectivity index is 2.02. The number of hydrogen-bond donors (Lipinski definition) is 1. The molecule has 4 aliphatic carbocycles. The minimum atomic E-state index is -0.955. The first-order valence-corrected chi connectivity index (χ1v) is 8.27. The smallest absolute Gasteiger partial charge is 0.312 e. The van der Waals surface area contributed by atoms with Crippen LogP contribution < -0.4 is 0 Å². The van der Waals surface area contributed by atoms with Crippen LogP contribution in [0.15, 0.2) is 0 Å². The van der Waals surface area contributed by atoms with Crippen molar-refractivity contribution in [2.24, 2.45) is 16.2 Å². The highest BCUT2D eigenvalue weighted by molar-refractivity contribution is 5.83. The van der Waals surface area contributed by atoms with Crippen LogP contribution in [-0.2, 0) is 19.1 Å². The summed E-state index contributed by atoms with van der Waals surface area (Å²) in [6, 6.07) is 0. The molecule has 0 amide bonds. The van der Waals surface area contributed by atoms with Crippen molar-refractivity contribution in [1.29, 1.82) is 0 Å². The number of esters is 2. The van der Waals surface area contributed by atoms with Crippen LogP contribution in [0.25, 0.3) is 0 Å². The van der Waals surface area contributed by atoms with E-state index in [1.54, 1.807) is 13.8 Å². The van der Waals surface area contributed by atoms with Crippen molar-refractivity contribution in [2.75, 3.05) is 13.2 Å². The molecule has 0 aliphatic heterocycles. The predicted molar refractivity (Wildman–Crippen MR) is 78.9 cm³/mol. The van der Waals surface area contributed by atoms with Gasteiger partial charge in [-0.15, -0.1) is 0 Å². The third-order valence-electron chi connectivity index (χ3n) is 5.71. The van der Waals surface area contributed by atoms with E-state index in [1.165, 1.54) is 0 Å². The maximum absolute atomic E-state index is 12.6. The van der Waals surface area contributed by atoms with Gasteiger partial charge in [-0.3, -0.25) is 9.59 Å². The number of ether oxygens (including phenoxy) is 2. The molecule has 0 spiro atoms. The minimum absolute atomic E-state index is 0.205. The van der Waals surface area contributed by atoms with Gasteiger partial charge in [0.25, 0.3) is 0 Å². The number of carbonyl (C=O) groups is 2. The van der Waals surface area contributed by atoms with Gasteiger partial charge in [0.15, 0.2) is 0 Å². The summed E-state index contributed by atoms with van der Waals surface area (Å²) >= 11 is 0. The van der Waals surface area contributed by atoms with E-state index in [0.717, 1.165) is 0 Å². The van der Waals surface area contributed by atoms with Gasteiger partial charge in [-0.2, -0.15) is 0 Å². The zero-order chi connectivity index (χ0) is 16.2. The van der Waals surface area contributed by atoms with Crippen LogP contribution in [0.5, 0.6) is 0 Å². The van der Waals surface area contributed by atoms with Crippen molar-refractivity contribution < 1.29 is 24.2 Å². The molecule has 5 nitrogen and oxygen atoms in total. The average molecular weight is 310 g/mol. The Hall–Kier alpha value is -1.10. The Kier molecular flexibility index (Phi) is 3.37. The fourth-order valence-corrected chi connectivity index (χ4v) is 6.09. The molecule has 1 N–H and O–H groups in total. The summed E-state index contributed by atoms with van der Waals surface area (Å²) in [5, 5.41) is 11.0. The van der Waals surface area contributed by atoms with E-state index < -0.39 is 16.4 Å². The van der Waals surface area contributed by atoms with Gasteiger partial charge in [0, 0.05) is 0 Å².